The zero-order chi connectivity index (χ0) is 17.1. The van der Waals surface area contributed by atoms with Gasteiger partial charge in [-0.25, -0.2) is 0 Å². The van der Waals surface area contributed by atoms with E-state index in [9.17, 15) is 4.79 Å². The largest absolute Gasteiger partial charge is 0.469 e. The summed E-state index contributed by atoms with van der Waals surface area (Å²) in [7, 11) is 1.40. The molecule has 3 rings (SSSR count). The first kappa shape index (κ1) is 17.3. The van der Waals surface area contributed by atoms with Gasteiger partial charge in [-0.1, -0.05) is 6.07 Å². The van der Waals surface area contributed by atoms with E-state index in [1.165, 1.54) is 7.11 Å². The van der Waals surface area contributed by atoms with E-state index in [2.05, 4.69) is 32.3 Å². The van der Waals surface area contributed by atoms with Crippen LogP contribution in [0.2, 0.25) is 0 Å². The summed E-state index contributed by atoms with van der Waals surface area (Å²) in [4.78, 5) is 19.2. The highest BCUT2D eigenvalue weighted by molar-refractivity contribution is 9.10. The van der Waals surface area contributed by atoms with E-state index in [0.717, 1.165) is 15.0 Å². The smallest absolute Gasteiger partial charge is 0.307 e. The van der Waals surface area contributed by atoms with Crippen LogP contribution in [0.5, 0.6) is 0 Å². The lowest BCUT2D eigenvalue weighted by Crippen LogP contribution is -2.31. The van der Waals surface area contributed by atoms with Crippen molar-refractivity contribution >= 4 is 50.6 Å². The highest BCUT2D eigenvalue weighted by atomic mass is 79.9. The summed E-state index contributed by atoms with van der Waals surface area (Å²) in [5, 5.41) is 6.03. The Hall–Kier alpha value is -1.51. The van der Waals surface area contributed by atoms with Crippen molar-refractivity contribution in [1.29, 1.82) is 0 Å². The number of hydrogen-bond donors (Lipinski definition) is 1. The van der Waals surface area contributed by atoms with Crippen molar-refractivity contribution < 1.29 is 9.53 Å². The fraction of sp³-hybridized carbons (Fsp3) is 0.312. The first-order valence-corrected chi connectivity index (χ1v) is 9.47. The van der Waals surface area contributed by atoms with Crippen molar-refractivity contribution in [1.82, 2.24) is 15.2 Å². The van der Waals surface area contributed by atoms with Crippen LogP contribution in [-0.4, -0.2) is 34.6 Å². The van der Waals surface area contributed by atoms with Gasteiger partial charge in [-0.2, -0.15) is 0 Å². The minimum Gasteiger partial charge on any atom is -0.469 e. The molecule has 0 unspecified atom stereocenters. The van der Waals surface area contributed by atoms with Crippen LogP contribution in [-0.2, 0) is 9.53 Å². The second kappa shape index (κ2) is 7.58. The highest BCUT2D eigenvalue weighted by Gasteiger charge is 2.40. The van der Waals surface area contributed by atoms with Gasteiger partial charge in [0.05, 0.1) is 31.3 Å². The van der Waals surface area contributed by atoms with Crippen molar-refractivity contribution in [3.05, 3.63) is 50.9 Å². The number of carbonyl (C=O) groups is 1. The van der Waals surface area contributed by atoms with Gasteiger partial charge in [-0.15, -0.1) is 11.3 Å². The molecule has 1 saturated heterocycles. The van der Waals surface area contributed by atoms with Gasteiger partial charge in [0.2, 0.25) is 0 Å². The Morgan fingerprint density at radius 2 is 2.38 bits per heavy atom. The molecule has 0 spiro atoms. The van der Waals surface area contributed by atoms with Crippen LogP contribution in [0.1, 0.15) is 29.1 Å². The van der Waals surface area contributed by atoms with E-state index < -0.39 is 0 Å². The van der Waals surface area contributed by atoms with Gasteiger partial charge >= 0.3 is 5.97 Å². The Bertz CT molecular complexity index is 738. The molecule has 0 amide bonds. The Balaban J connectivity index is 1.92. The van der Waals surface area contributed by atoms with Crippen LogP contribution in [0.3, 0.4) is 0 Å². The zero-order valence-corrected chi connectivity index (χ0v) is 16.2. The van der Waals surface area contributed by atoms with Gasteiger partial charge in [0, 0.05) is 27.5 Å². The van der Waals surface area contributed by atoms with Crippen LogP contribution < -0.4 is 5.32 Å². The zero-order valence-electron chi connectivity index (χ0n) is 12.9. The van der Waals surface area contributed by atoms with Crippen LogP contribution in [0.4, 0.5) is 0 Å². The summed E-state index contributed by atoms with van der Waals surface area (Å²) in [6, 6.07) is 7.87. The number of nitrogens with zero attached hydrogens (tertiary/aromatic N) is 2. The number of nitrogens with one attached hydrogen (secondary N) is 1. The number of ether oxygens (including phenoxy) is 1. The van der Waals surface area contributed by atoms with Crippen molar-refractivity contribution in [2.75, 3.05) is 13.7 Å². The average Bonchev–Trinajstić information content (AvgIpc) is 3.16. The molecule has 2 aromatic rings. The Morgan fingerprint density at radius 3 is 3.00 bits per heavy atom. The maximum atomic E-state index is 11.5. The van der Waals surface area contributed by atoms with E-state index in [1.54, 1.807) is 17.5 Å². The predicted molar refractivity (Wildman–Crippen MR) is 101 cm³/mol. The third kappa shape index (κ3) is 3.60. The molecule has 126 valence electrons. The number of esters is 1. The first-order valence-electron chi connectivity index (χ1n) is 7.39. The quantitative estimate of drug-likeness (QED) is 0.584. The lowest BCUT2D eigenvalue weighted by atomic mass is 10.0. The summed E-state index contributed by atoms with van der Waals surface area (Å²) in [5.74, 6) is -0.245. The molecule has 24 heavy (non-hydrogen) atoms. The number of thiophene rings is 1. The monoisotopic (exact) mass is 425 g/mol. The molecule has 0 bridgehead atoms. The second-order valence-electron chi connectivity index (χ2n) is 5.31. The van der Waals surface area contributed by atoms with E-state index in [-0.39, 0.29) is 24.5 Å². The Labute approximate surface area is 158 Å². The fourth-order valence-corrected chi connectivity index (χ4v) is 4.68. The van der Waals surface area contributed by atoms with Gasteiger partial charge < -0.3 is 15.0 Å². The third-order valence-electron chi connectivity index (χ3n) is 3.86. The molecule has 0 saturated carbocycles. The lowest BCUT2D eigenvalue weighted by molar-refractivity contribution is -0.140. The van der Waals surface area contributed by atoms with Crippen LogP contribution >= 0.6 is 39.5 Å². The summed E-state index contributed by atoms with van der Waals surface area (Å²) in [6.07, 6.45) is 2.06. The Kier molecular flexibility index (Phi) is 5.47. The number of carbonyl (C=O) groups excluding carboxylic acids is 1. The van der Waals surface area contributed by atoms with Crippen molar-refractivity contribution in [3.63, 3.8) is 0 Å². The number of aromatic nitrogens is 1. The molecule has 1 aliphatic heterocycles. The molecule has 3 heterocycles. The fourth-order valence-electron chi connectivity index (χ4n) is 2.75. The van der Waals surface area contributed by atoms with E-state index >= 15 is 0 Å². The molecular weight excluding hydrogens is 410 g/mol. The van der Waals surface area contributed by atoms with Gasteiger partial charge in [0.25, 0.3) is 0 Å². The number of hydrogen-bond acceptors (Lipinski definition) is 5. The third-order valence-corrected chi connectivity index (χ3v) is 5.98. The minimum absolute atomic E-state index is 0.00615. The number of pyridine rings is 1. The number of halogens is 1. The maximum absolute atomic E-state index is 11.5. The summed E-state index contributed by atoms with van der Waals surface area (Å²) < 4.78 is 5.79. The highest BCUT2D eigenvalue weighted by Crippen LogP contribution is 2.41. The standard InChI is InChI=1S/C16H16BrN3O2S2/c1-22-13(21)5-7-20-15(12-8-10(17)9-24-12)14(19-16(20)23)11-4-2-3-6-18-11/h2-4,6,8-9,14-15H,5,7H2,1H3,(H,19,23)/t14-,15+/m1/s1. The summed E-state index contributed by atoms with van der Waals surface area (Å²) in [5.41, 5.74) is 0.926. The van der Waals surface area contributed by atoms with Crippen LogP contribution in [0.25, 0.3) is 0 Å². The molecule has 1 aliphatic rings. The average molecular weight is 426 g/mol. The topological polar surface area (TPSA) is 54.5 Å². The lowest BCUT2D eigenvalue weighted by Gasteiger charge is -2.26. The maximum Gasteiger partial charge on any atom is 0.307 e. The molecular formula is C16H16BrN3O2S2. The van der Waals surface area contributed by atoms with Gasteiger partial charge in [-0.05, 0) is 46.3 Å². The van der Waals surface area contributed by atoms with Crippen molar-refractivity contribution in [2.45, 2.75) is 18.5 Å². The van der Waals surface area contributed by atoms with E-state index in [0.29, 0.717) is 11.7 Å². The molecule has 1 N–H and O–H groups in total. The summed E-state index contributed by atoms with van der Waals surface area (Å²) >= 11 is 10.7. The van der Waals surface area contributed by atoms with Crippen molar-refractivity contribution in [3.8, 4) is 0 Å². The molecule has 2 aromatic heterocycles. The first-order chi connectivity index (χ1) is 11.6. The number of rotatable bonds is 5. The normalized spacial score (nSPS) is 20.1. The molecule has 5 nitrogen and oxygen atoms in total. The van der Waals surface area contributed by atoms with Crippen molar-refractivity contribution in [2.24, 2.45) is 0 Å². The molecule has 8 heteroatoms. The van der Waals surface area contributed by atoms with E-state index in [1.807, 2.05) is 28.5 Å². The van der Waals surface area contributed by atoms with Gasteiger partial charge in [0.1, 0.15) is 0 Å². The SMILES string of the molecule is COC(=O)CCN1C(=S)N[C@H](c2ccccn2)[C@@H]1c1cc(Br)cs1. The predicted octanol–water partition coefficient (Wildman–Crippen LogP) is 3.44. The van der Waals surface area contributed by atoms with Gasteiger partial charge in [0.15, 0.2) is 5.11 Å². The molecule has 0 radical (unpaired) electrons. The van der Waals surface area contributed by atoms with Crippen LogP contribution in [0, 0.1) is 0 Å². The number of methoxy groups -OCH3 is 1. The number of thiocarbonyl (C=S) groups is 1. The molecule has 0 aromatic carbocycles. The summed E-state index contributed by atoms with van der Waals surface area (Å²) in [6.45, 7) is 0.502. The van der Waals surface area contributed by atoms with Gasteiger partial charge in [-0.3, -0.25) is 9.78 Å². The second-order valence-corrected chi connectivity index (χ2v) is 7.56. The Morgan fingerprint density at radius 1 is 1.54 bits per heavy atom. The molecule has 2 atom stereocenters. The van der Waals surface area contributed by atoms with E-state index in [4.69, 9.17) is 17.0 Å². The minimum atomic E-state index is -0.245. The molecule has 0 aliphatic carbocycles. The van der Waals surface area contributed by atoms with Crippen LogP contribution in [0.15, 0.2) is 40.3 Å². The molecule has 1 fully saturated rings.